The van der Waals surface area contributed by atoms with E-state index in [1.165, 1.54) is 18.2 Å². The summed E-state index contributed by atoms with van der Waals surface area (Å²) in [6.45, 7) is 5.63. The summed E-state index contributed by atoms with van der Waals surface area (Å²) < 4.78 is 35.1. The number of halogens is 3. The van der Waals surface area contributed by atoms with Crippen LogP contribution in [0.3, 0.4) is 0 Å². The van der Waals surface area contributed by atoms with Gasteiger partial charge in [-0.1, -0.05) is 52.4 Å². The summed E-state index contributed by atoms with van der Waals surface area (Å²) in [4.78, 5) is 20.3. The van der Waals surface area contributed by atoms with Crippen molar-refractivity contribution in [1.29, 1.82) is 0 Å². The lowest BCUT2D eigenvalue weighted by molar-refractivity contribution is 0.0699. The van der Waals surface area contributed by atoms with E-state index in [0.717, 1.165) is 22.7 Å². The number of carbonyl (C=O) groups is 1. The predicted octanol–water partition coefficient (Wildman–Crippen LogP) is 6.22. The molecule has 0 spiro atoms. The number of alkyl halides is 1. The van der Waals surface area contributed by atoms with Crippen LogP contribution in [0.5, 0.6) is 0 Å². The summed E-state index contributed by atoms with van der Waals surface area (Å²) in [6, 6.07) is 5.04. The topological polar surface area (TPSA) is 111 Å². The van der Waals surface area contributed by atoms with Crippen molar-refractivity contribution in [2.75, 3.05) is 26.6 Å². The molecule has 1 saturated carbocycles. The molecule has 1 N–H and O–H groups in total. The highest BCUT2D eigenvalue weighted by atomic mass is 79.9. The van der Waals surface area contributed by atoms with Crippen LogP contribution in [-0.4, -0.2) is 60.6 Å². The van der Waals surface area contributed by atoms with Crippen molar-refractivity contribution in [3.63, 3.8) is 0 Å². The Labute approximate surface area is 204 Å². The number of amidine groups is 1. The number of benzene rings is 1. The van der Waals surface area contributed by atoms with Gasteiger partial charge in [0.25, 0.3) is 0 Å². The third-order valence-corrected chi connectivity index (χ3v) is 9.55. The second-order valence-electron chi connectivity index (χ2n) is 9.45. The maximum atomic E-state index is 14.9. The number of nitrogens with zero attached hydrogens (tertiary/aromatic N) is 5. The van der Waals surface area contributed by atoms with Gasteiger partial charge >= 0.3 is 6.09 Å². The van der Waals surface area contributed by atoms with Gasteiger partial charge in [0.1, 0.15) is 24.8 Å². The van der Waals surface area contributed by atoms with Crippen molar-refractivity contribution in [2.45, 2.75) is 42.4 Å². The highest BCUT2D eigenvalue weighted by molar-refractivity contribution is 9.10. The number of ether oxygens (including phenoxy) is 1. The van der Waals surface area contributed by atoms with Crippen LogP contribution in [0, 0.1) is 11.7 Å². The van der Waals surface area contributed by atoms with Gasteiger partial charge in [0.05, 0.1) is 0 Å². The zero-order chi connectivity index (χ0) is 24.4. The Kier molecular flexibility index (Phi) is 7.79. The number of rotatable bonds is 9. The number of hydrogen-bond donors (Lipinski definition) is 1. The Morgan fingerprint density at radius 3 is 2.85 bits per heavy atom. The Morgan fingerprint density at radius 1 is 1.52 bits per heavy atom. The Morgan fingerprint density at radius 2 is 2.24 bits per heavy atom. The van der Waals surface area contributed by atoms with Crippen molar-refractivity contribution in [3.05, 3.63) is 44.5 Å². The van der Waals surface area contributed by atoms with Gasteiger partial charge in [-0.2, -0.15) is 0 Å². The maximum Gasteiger partial charge on any atom is 0.415 e. The molecule has 1 fully saturated rings. The summed E-state index contributed by atoms with van der Waals surface area (Å²) in [7, 11) is -1.38. The predicted molar refractivity (Wildman–Crippen MR) is 130 cm³/mol. The lowest BCUT2D eigenvalue weighted by Crippen LogP contribution is -2.45. The van der Waals surface area contributed by atoms with E-state index in [4.69, 9.17) is 10.3 Å². The van der Waals surface area contributed by atoms with Crippen LogP contribution in [0.4, 0.5) is 13.6 Å². The van der Waals surface area contributed by atoms with Gasteiger partial charge in [0.15, 0.2) is 5.17 Å². The van der Waals surface area contributed by atoms with Crippen molar-refractivity contribution < 1.29 is 23.4 Å². The minimum Gasteiger partial charge on any atom is -0.465 e. The van der Waals surface area contributed by atoms with E-state index < -0.39 is 42.9 Å². The van der Waals surface area contributed by atoms with Gasteiger partial charge in [0.2, 0.25) is 0 Å². The minimum absolute atomic E-state index is 0.00872. The molecule has 1 amide bonds. The molecule has 1 aromatic rings. The average molecular weight is 563 g/mol. The number of amides is 1. The zero-order valence-electron chi connectivity index (χ0n) is 18.6. The van der Waals surface area contributed by atoms with Crippen LogP contribution in [0.25, 0.3) is 10.4 Å². The van der Waals surface area contributed by atoms with Crippen LogP contribution in [0.15, 0.2) is 32.8 Å². The molecule has 3 atom stereocenters. The molecule has 0 unspecified atom stereocenters. The normalized spacial score (nSPS) is 26.1. The van der Waals surface area contributed by atoms with E-state index in [-0.39, 0.29) is 24.0 Å². The van der Waals surface area contributed by atoms with E-state index in [1.807, 2.05) is 0 Å². The van der Waals surface area contributed by atoms with Crippen LogP contribution in [0.2, 0.25) is 25.7 Å². The number of fused-ring (bicyclic) bond motifs is 1. The summed E-state index contributed by atoms with van der Waals surface area (Å²) in [5.41, 5.74) is 7.25. The number of carboxylic acid groups (broad SMARTS) is 1. The molecule has 13 heteroatoms. The highest BCUT2D eigenvalue weighted by Gasteiger charge is 2.68. The number of hydrogen-bond acceptors (Lipinski definition) is 5. The molecule has 1 aromatic carbocycles. The van der Waals surface area contributed by atoms with Crippen molar-refractivity contribution in [1.82, 2.24) is 4.90 Å². The lowest BCUT2D eigenvalue weighted by Gasteiger charge is -2.37. The summed E-state index contributed by atoms with van der Waals surface area (Å²) in [5.74, 6) is -1.09. The van der Waals surface area contributed by atoms with Crippen LogP contribution in [-0.2, 0) is 10.3 Å². The van der Waals surface area contributed by atoms with Gasteiger partial charge in [-0.25, -0.2) is 23.5 Å². The first-order chi connectivity index (χ1) is 15.5. The maximum absolute atomic E-state index is 14.9. The van der Waals surface area contributed by atoms with Gasteiger partial charge in [-0.15, -0.1) is 0 Å². The zero-order valence-corrected chi connectivity index (χ0v) is 22.0. The number of azide groups is 1. The monoisotopic (exact) mass is 561 g/mol. The second-order valence-corrected chi connectivity index (χ2v) is 17.4. The largest absolute Gasteiger partial charge is 0.465 e. The van der Waals surface area contributed by atoms with Gasteiger partial charge in [-0.05, 0) is 36.2 Å². The highest BCUT2D eigenvalue weighted by Crippen LogP contribution is 2.67. The third-order valence-electron chi connectivity index (χ3n) is 5.87. The first-order valence-corrected chi connectivity index (χ1v) is 15.7. The number of aliphatic imine (C=N–C) groups is 1. The molecule has 0 aromatic heterocycles. The van der Waals surface area contributed by atoms with Crippen LogP contribution >= 0.6 is 27.7 Å². The minimum atomic E-state index is -1.63. The quantitative estimate of drug-likeness (QED) is 0.0962. The second kappa shape index (κ2) is 9.91. The smallest absolute Gasteiger partial charge is 0.415 e. The third kappa shape index (κ3) is 5.54. The van der Waals surface area contributed by atoms with E-state index >= 15 is 0 Å². The lowest BCUT2D eigenvalue weighted by atomic mass is 9.85. The molecular formula is C20H26BrF2N5O3SSi. The molecule has 1 aliphatic carbocycles. The SMILES string of the molecule is C[Si](C)(C)CCOCN(C(=O)O)C1=N[C@](CF)(c2cc(Br)ccc2F)[C@@H]2C[C@]2(CN=[N+]=[N-])S1. The molecule has 0 radical (unpaired) electrons. The molecule has 0 bridgehead atoms. The molecule has 1 heterocycles. The van der Waals surface area contributed by atoms with Gasteiger partial charge in [-0.3, -0.25) is 0 Å². The Hall–Kier alpha value is -1.66. The van der Waals surface area contributed by atoms with Crippen LogP contribution in [0.1, 0.15) is 12.0 Å². The summed E-state index contributed by atoms with van der Waals surface area (Å²) in [6.07, 6.45) is -0.904. The molecule has 2 aliphatic rings. The first-order valence-electron chi connectivity index (χ1n) is 10.4. The summed E-state index contributed by atoms with van der Waals surface area (Å²) >= 11 is 4.43. The van der Waals surface area contributed by atoms with E-state index in [0.29, 0.717) is 17.5 Å². The molecule has 0 saturated heterocycles. The fourth-order valence-corrected chi connectivity index (χ4v) is 6.57. The fraction of sp³-hybridized carbons (Fsp3) is 0.600. The molecule has 33 heavy (non-hydrogen) atoms. The molecule has 3 rings (SSSR count). The van der Waals surface area contributed by atoms with E-state index in [2.05, 4.69) is 50.6 Å². The first kappa shape index (κ1) is 26.0. The van der Waals surface area contributed by atoms with Crippen molar-refractivity contribution in [2.24, 2.45) is 16.0 Å². The summed E-state index contributed by atoms with van der Waals surface area (Å²) in [5, 5.41) is 13.5. The Balaban J connectivity index is 2.01. The van der Waals surface area contributed by atoms with Gasteiger partial charge < -0.3 is 9.84 Å². The standard InChI is InChI=1S/C20H26BrF2N5O3SSi/c1-33(2,3)7-6-31-12-28(18(29)30)17-26-20(10-22,14-8-13(21)4-5-15(14)23)16-9-19(16,32-17)11-25-27-24/h4-5,8,16H,6-7,9-12H2,1-3H3,(H,29,30)/t16-,19-,20-/m1/s1. The van der Waals surface area contributed by atoms with E-state index in [1.54, 1.807) is 0 Å². The molecule has 180 valence electrons. The van der Waals surface area contributed by atoms with Crippen molar-refractivity contribution in [3.8, 4) is 0 Å². The van der Waals surface area contributed by atoms with E-state index in [9.17, 15) is 18.7 Å². The van der Waals surface area contributed by atoms with Crippen molar-refractivity contribution >= 4 is 47.0 Å². The van der Waals surface area contributed by atoms with Crippen LogP contribution < -0.4 is 0 Å². The average Bonchev–Trinajstić information content (AvgIpc) is 3.47. The molecule has 1 aliphatic heterocycles. The molecular weight excluding hydrogens is 536 g/mol. The number of thioether (sulfide) groups is 1. The fourth-order valence-electron chi connectivity index (χ4n) is 3.93. The molecule has 8 nitrogen and oxygen atoms in total. The van der Waals surface area contributed by atoms with Gasteiger partial charge in [0, 0.05) is 46.8 Å². The Bertz CT molecular complexity index is 1010.